The Hall–Kier alpha value is -2.32. The number of aliphatic hydroxyl groups excluding tert-OH is 1. The third kappa shape index (κ3) is 3.72. The number of nitrogens with one attached hydrogen (secondary N) is 1. The largest absolute Gasteiger partial charge is 0.496 e. The van der Waals surface area contributed by atoms with Crippen molar-refractivity contribution < 1.29 is 24.2 Å². The summed E-state index contributed by atoms with van der Waals surface area (Å²) >= 11 is 0. The highest BCUT2D eigenvalue weighted by Gasteiger charge is 2.40. The molecule has 0 spiro atoms. The number of urea groups is 1. The molecule has 0 aromatic heterocycles. The molecule has 0 bridgehead atoms. The van der Waals surface area contributed by atoms with Crippen LogP contribution in [0.25, 0.3) is 0 Å². The Labute approximate surface area is 159 Å². The van der Waals surface area contributed by atoms with E-state index in [0.717, 1.165) is 5.56 Å². The average molecular weight is 377 g/mol. The van der Waals surface area contributed by atoms with Gasteiger partial charge in [-0.2, -0.15) is 0 Å². The number of hydrogen-bond acceptors (Lipinski definition) is 6. The van der Waals surface area contributed by atoms with Crippen LogP contribution in [0.1, 0.15) is 37.5 Å². The zero-order valence-corrected chi connectivity index (χ0v) is 16.2. The van der Waals surface area contributed by atoms with Gasteiger partial charge in [-0.05, 0) is 24.5 Å². The molecule has 0 saturated carbocycles. The predicted octanol–water partition coefficient (Wildman–Crippen LogP) is 1.48. The van der Waals surface area contributed by atoms with Crippen LogP contribution in [-0.4, -0.2) is 60.3 Å². The lowest BCUT2D eigenvalue weighted by molar-refractivity contribution is -0.129. The number of amides is 3. The number of β-amino-alcohol motifs (C(OH)–C–C–N with tert-alkyl or cyclic N) is 1. The molecule has 2 heterocycles. The lowest BCUT2D eigenvalue weighted by Gasteiger charge is -2.35. The van der Waals surface area contributed by atoms with Crippen LogP contribution in [0.3, 0.4) is 0 Å². The SMILES string of the molecule is COc1ccc(OC)c2c1CN(CN1C(=O)N[C@H](CC(C)C)C1=O)C[C@H]2O. The standard InChI is InChI=1S/C19H27N3O5/c1-11(2)7-13-18(24)22(19(25)20-13)10-21-8-12-15(26-3)5-6-16(27-4)17(12)14(23)9-21/h5-6,11,13-14,23H,7-10H2,1-4H3,(H,20,25)/t13-,14-/m1/s1. The predicted molar refractivity (Wildman–Crippen MR) is 98.4 cm³/mol. The molecule has 1 aromatic carbocycles. The molecule has 1 fully saturated rings. The first-order valence-corrected chi connectivity index (χ1v) is 9.11. The fourth-order valence-corrected chi connectivity index (χ4v) is 3.79. The van der Waals surface area contributed by atoms with Gasteiger partial charge < -0.3 is 19.9 Å². The summed E-state index contributed by atoms with van der Waals surface area (Å²) in [4.78, 5) is 27.9. The van der Waals surface area contributed by atoms with E-state index in [2.05, 4.69) is 5.32 Å². The van der Waals surface area contributed by atoms with Gasteiger partial charge in [0.2, 0.25) is 0 Å². The average Bonchev–Trinajstić information content (AvgIpc) is 2.87. The molecule has 2 aliphatic rings. The number of hydrogen-bond donors (Lipinski definition) is 2. The molecule has 1 saturated heterocycles. The third-order valence-electron chi connectivity index (χ3n) is 5.02. The molecule has 0 unspecified atom stereocenters. The molecule has 1 aromatic rings. The van der Waals surface area contributed by atoms with Crippen LogP contribution in [0, 0.1) is 5.92 Å². The van der Waals surface area contributed by atoms with Crippen molar-refractivity contribution in [3.8, 4) is 11.5 Å². The van der Waals surface area contributed by atoms with Crippen LogP contribution in [0.2, 0.25) is 0 Å². The van der Waals surface area contributed by atoms with Gasteiger partial charge in [0.1, 0.15) is 17.5 Å². The maximum atomic E-state index is 12.6. The van der Waals surface area contributed by atoms with Crippen molar-refractivity contribution >= 4 is 11.9 Å². The van der Waals surface area contributed by atoms with E-state index in [1.807, 2.05) is 18.7 Å². The molecule has 8 heteroatoms. The highest BCUT2D eigenvalue weighted by Crippen LogP contribution is 2.39. The van der Waals surface area contributed by atoms with E-state index in [-0.39, 0.29) is 18.6 Å². The van der Waals surface area contributed by atoms with Crippen molar-refractivity contribution in [1.82, 2.24) is 15.1 Å². The van der Waals surface area contributed by atoms with Crippen LogP contribution < -0.4 is 14.8 Å². The quantitative estimate of drug-likeness (QED) is 0.730. The Balaban J connectivity index is 1.79. The van der Waals surface area contributed by atoms with Crippen LogP contribution in [0.5, 0.6) is 11.5 Å². The zero-order chi connectivity index (χ0) is 19.7. The second-order valence-corrected chi connectivity index (χ2v) is 7.43. The van der Waals surface area contributed by atoms with Gasteiger partial charge in [0, 0.05) is 24.2 Å². The number of rotatable bonds is 6. The molecule has 0 radical (unpaired) electrons. The number of methoxy groups -OCH3 is 2. The van der Waals surface area contributed by atoms with Crippen molar-refractivity contribution in [3.05, 3.63) is 23.3 Å². The molecule has 2 aliphatic heterocycles. The van der Waals surface area contributed by atoms with E-state index < -0.39 is 12.1 Å². The molecule has 2 atom stereocenters. The van der Waals surface area contributed by atoms with Gasteiger partial charge in [-0.1, -0.05) is 13.8 Å². The number of ether oxygens (including phenoxy) is 2. The van der Waals surface area contributed by atoms with Gasteiger partial charge in [0.05, 0.1) is 27.0 Å². The first-order valence-electron chi connectivity index (χ1n) is 9.11. The van der Waals surface area contributed by atoms with E-state index in [1.54, 1.807) is 26.4 Å². The lowest BCUT2D eigenvalue weighted by Crippen LogP contribution is -2.45. The van der Waals surface area contributed by atoms with Gasteiger partial charge in [-0.3, -0.25) is 9.69 Å². The molecular formula is C19H27N3O5. The summed E-state index contributed by atoms with van der Waals surface area (Å²) in [6, 6.07) is 2.70. The minimum atomic E-state index is -0.800. The van der Waals surface area contributed by atoms with Gasteiger partial charge >= 0.3 is 6.03 Å². The Morgan fingerprint density at radius 1 is 1.22 bits per heavy atom. The number of nitrogens with zero attached hydrogens (tertiary/aromatic N) is 2. The third-order valence-corrected chi connectivity index (χ3v) is 5.02. The van der Waals surface area contributed by atoms with Crippen molar-refractivity contribution in [3.63, 3.8) is 0 Å². The van der Waals surface area contributed by atoms with E-state index in [9.17, 15) is 14.7 Å². The fourth-order valence-electron chi connectivity index (χ4n) is 3.79. The summed E-state index contributed by atoms with van der Waals surface area (Å²) in [5, 5.41) is 13.4. The molecule has 8 nitrogen and oxygen atoms in total. The van der Waals surface area contributed by atoms with Crippen LogP contribution in [0.4, 0.5) is 4.79 Å². The summed E-state index contributed by atoms with van der Waals surface area (Å²) < 4.78 is 10.8. The number of fused-ring (bicyclic) bond motifs is 1. The molecular weight excluding hydrogens is 350 g/mol. The van der Waals surface area contributed by atoms with Crippen molar-refractivity contribution in [1.29, 1.82) is 0 Å². The lowest BCUT2D eigenvalue weighted by atomic mass is 9.95. The van der Waals surface area contributed by atoms with Crippen molar-refractivity contribution in [2.45, 2.75) is 39.0 Å². The number of benzene rings is 1. The normalized spacial score (nSPS) is 22.8. The first kappa shape index (κ1) is 19.4. The van der Waals surface area contributed by atoms with Crippen LogP contribution in [-0.2, 0) is 11.3 Å². The number of imide groups is 1. The first-order chi connectivity index (χ1) is 12.8. The number of carbonyl (C=O) groups excluding carboxylic acids is 2. The summed E-state index contributed by atoms with van der Waals surface area (Å²) in [7, 11) is 3.13. The Morgan fingerprint density at radius 2 is 1.89 bits per heavy atom. The van der Waals surface area contributed by atoms with E-state index in [4.69, 9.17) is 9.47 Å². The molecule has 3 amide bonds. The molecule has 148 valence electrons. The van der Waals surface area contributed by atoms with E-state index in [0.29, 0.717) is 42.5 Å². The monoisotopic (exact) mass is 377 g/mol. The molecule has 3 rings (SSSR count). The maximum Gasteiger partial charge on any atom is 0.325 e. The zero-order valence-electron chi connectivity index (χ0n) is 16.2. The summed E-state index contributed by atoms with van der Waals surface area (Å²) in [5.41, 5.74) is 1.50. The molecule has 2 N–H and O–H groups in total. The Bertz CT molecular complexity index is 736. The van der Waals surface area contributed by atoms with Gasteiger partial charge in [0.15, 0.2) is 0 Å². The Kier molecular flexibility index (Phi) is 5.57. The minimum Gasteiger partial charge on any atom is -0.496 e. The second kappa shape index (κ2) is 7.74. The smallest absolute Gasteiger partial charge is 0.325 e. The highest BCUT2D eigenvalue weighted by atomic mass is 16.5. The van der Waals surface area contributed by atoms with Crippen molar-refractivity contribution in [2.75, 3.05) is 27.4 Å². The molecule has 0 aliphatic carbocycles. The van der Waals surface area contributed by atoms with Crippen LogP contribution >= 0.6 is 0 Å². The minimum absolute atomic E-state index is 0.121. The second-order valence-electron chi connectivity index (χ2n) is 7.43. The topological polar surface area (TPSA) is 91.3 Å². The van der Waals surface area contributed by atoms with Crippen LogP contribution in [0.15, 0.2) is 12.1 Å². The summed E-state index contributed by atoms with van der Waals surface area (Å²) in [6.07, 6.45) is -0.191. The van der Waals surface area contributed by atoms with Gasteiger partial charge in [0.25, 0.3) is 5.91 Å². The maximum absolute atomic E-state index is 12.6. The number of aliphatic hydroxyl groups is 1. The highest BCUT2D eigenvalue weighted by molar-refractivity contribution is 6.04. The fraction of sp³-hybridized carbons (Fsp3) is 0.579. The summed E-state index contributed by atoms with van der Waals surface area (Å²) in [5.74, 6) is 1.33. The van der Waals surface area contributed by atoms with Gasteiger partial charge in [-0.15, -0.1) is 0 Å². The molecule has 27 heavy (non-hydrogen) atoms. The van der Waals surface area contributed by atoms with E-state index >= 15 is 0 Å². The van der Waals surface area contributed by atoms with E-state index in [1.165, 1.54) is 4.90 Å². The van der Waals surface area contributed by atoms with Gasteiger partial charge in [-0.25, -0.2) is 9.69 Å². The Morgan fingerprint density at radius 3 is 2.52 bits per heavy atom. The number of carbonyl (C=O) groups is 2. The van der Waals surface area contributed by atoms with Crippen molar-refractivity contribution in [2.24, 2.45) is 5.92 Å². The summed E-state index contributed by atoms with van der Waals surface area (Å²) in [6.45, 7) is 4.89.